The Bertz CT molecular complexity index is 992. The molecule has 28 heavy (non-hydrogen) atoms. The van der Waals surface area contributed by atoms with Crippen LogP contribution in [0.3, 0.4) is 0 Å². The molecule has 6 heteroatoms. The fourth-order valence-corrected chi connectivity index (χ4v) is 3.50. The number of aryl methyl sites for hydroxylation is 1. The van der Waals surface area contributed by atoms with Gasteiger partial charge in [-0.25, -0.2) is 9.37 Å². The molecule has 2 heterocycles. The Labute approximate surface area is 164 Å². The van der Waals surface area contributed by atoms with E-state index in [9.17, 15) is 9.18 Å². The molecule has 1 saturated carbocycles. The van der Waals surface area contributed by atoms with Crippen LogP contribution in [0, 0.1) is 11.7 Å². The molecule has 4 rings (SSSR count). The Morgan fingerprint density at radius 2 is 2.14 bits per heavy atom. The van der Waals surface area contributed by atoms with Gasteiger partial charge in [0.1, 0.15) is 11.6 Å². The van der Waals surface area contributed by atoms with Crippen LogP contribution in [0.15, 0.2) is 42.7 Å². The zero-order valence-electron chi connectivity index (χ0n) is 16.2. The average molecular weight is 380 g/mol. The molecular weight excluding hydrogens is 355 g/mol. The highest BCUT2D eigenvalue weighted by molar-refractivity contribution is 5.94. The second kappa shape index (κ2) is 7.62. The van der Waals surface area contributed by atoms with Crippen molar-refractivity contribution in [3.05, 3.63) is 59.7 Å². The predicted molar refractivity (Wildman–Crippen MR) is 109 cm³/mol. The molecular formula is C22H25FN4O. The van der Waals surface area contributed by atoms with Crippen molar-refractivity contribution in [1.82, 2.24) is 14.9 Å². The van der Waals surface area contributed by atoms with Crippen molar-refractivity contribution in [2.75, 3.05) is 11.9 Å². The van der Waals surface area contributed by atoms with Gasteiger partial charge >= 0.3 is 0 Å². The van der Waals surface area contributed by atoms with Gasteiger partial charge in [-0.15, -0.1) is 0 Å². The molecule has 0 spiro atoms. The van der Waals surface area contributed by atoms with E-state index in [1.165, 1.54) is 18.9 Å². The third-order valence-electron chi connectivity index (χ3n) is 5.23. The van der Waals surface area contributed by atoms with Crippen LogP contribution in [-0.2, 0) is 13.5 Å². The van der Waals surface area contributed by atoms with Gasteiger partial charge in [0, 0.05) is 42.9 Å². The Morgan fingerprint density at radius 1 is 1.32 bits per heavy atom. The Morgan fingerprint density at radius 3 is 2.86 bits per heavy atom. The lowest BCUT2D eigenvalue weighted by Gasteiger charge is -2.14. The average Bonchev–Trinajstić information content (AvgIpc) is 3.45. The van der Waals surface area contributed by atoms with Crippen LogP contribution < -0.4 is 10.6 Å². The highest BCUT2D eigenvalue weighted by Crippen LogP contribution is 2.28. The van der Waals surface area contributed by atoms with E-state index >= 15 is 0 Å². The van der Waals surface area contributed by atoms with E-state index in [1.807, 2.05) is 30.8 Å². The lowest BCUT2D eigenvalue weighted by Crippen LogP contribution is -2.34. The number of anilines is 1. The van der Waals surface area contributed by atoms with E-state index in [0.29, 0.717) is 12.0 Å². The molecule has 0 saturated heterocycles. The van der Waals surface area contributed by atoms with Crippen LogP contribution >= 0.6 is 0 Å². The van der Waals surface area contributed by atoms with Crippen molar-refractivity contribution in [3.8, 4) is 0 Å². The minimum Gasteiger partial charge on any atom is -0.370 e. The maximum Gasteiger partial charge on any atom is 0.253 e. The number of halogens is 1. The first-order valence-corrected chi connectivity index (χ1v) is 9.74. The number of nitrogens with zero attached hydrogens (tertiary/aromatic N) is 2. The van der Waals surface area contributed by atoms with Crippen molar-refractivity contribution in [1.29, 1.82) is 0 Å². The molecule has 2 aromatic heterocycles. The van der Waals surface area contributed by atoms with E-state index in [0.717, 1.165) is 34.7 Å². The monoisotopic (exact) mass is 380 g/mol. The second-order valence-corrected chi connectivity index (χ2v) is 7.76. The quantitative estimate of drug-likeness (QED) is 0.654. The van der Waals surface area contributed by atoms with E-state index in [4.69, 9.17) is 0 Å². The normalized spacial score (nSPS) is 14.8. The largest absolute Gasteiger partial charge is 0.370 e. The van der Waals surface area contributed by atoms with Gasteiger partial charge in [0.25, 0.3) is 5.91 Å². The summed E-state index contributed by atoms with van der Waals surface area (Å²) in [6.45, 7) is 2.90. The molecule has 1 aromatic carbocycles. The fraction of sp³-hybridized carbons (Fsp3) is 0.364. The van der Waals surface area contributed by atoms with Gasteiger partial charge in [-0.05, 0) is 68.0 Å². The Balaban J connectivity index is 1.38. The molecule has 1 fully saturated rings. The zero-order valence-corrected chi connectivity index (χ0v) is 16.2. The lowest BCUT2D eigenvalue weighted by atomic mass is 10.1. The third kappa shape index (κ3) is 4.16. The minimum atomic E-state index is -0.252. The number of rotatable bonds is 7. The third-order valence-corrected chi connectivity index (χ3v) is 5.23. The van der Waals surface area contributed by atoms with E-state index in [1.54, 1.807) is 24.4 Å². The number of hydrogen-bond acceptors (Lipinski definition) is 3. The van der Waals surface area contributed by atoms with Gasteiger partial charge in [0.2, 0.25) is 0 Å². The van der Waals surface area contributed by atoms with Crippen LogP contribution in [0.4, 0.5) is 10.2 Å². The van der Waals surface area contributed by atoms with Gasteiger partial charge in [-0.2, -0.15) is 0 Å². The number of carbonyl (C=O) groups excluding carboxylic acids is 1. The first-order chi connectivity index (χ1) is 13.5. The number of nitrogens with one attached hydrogen (secondary N) is 2. The van der Waals surface area contributed by atoms with Gasteiger partial charge in [0.05, 0.1) is 5.56 Å². The topological polar surface area (TPSA) is 59.0 Å². The smallest absolute Gasteiger partial charge is 0.253 e. The molecule has 1 unspecified atom stereocenters. The number of fused-ring (bicyclic) bond motifs is 1. The predicted octanol–water partition coefficient (Wildman–Crippen LogP) is 3.90. The molecule has 1 amide bonds. The zero-order chi connectivity index (χ0) is 19.7. The van der Waals surface area contributed by atoms with E-state index in [-0.39, 0.29) is 17.8 Å². The molecule has 1 aliphatic rings. The van der Waals surface area contributed by atoms with Gasteiger partial charge in [-0.3, -0.25) is 4.79 Å². The SMILES string of the molecule is CC(Cc1cn(C)c2ccc(F)cc12)NC(=O)c1ccc(NCC2CC2)nc1. The van der Waals surface area contributed by atoms with E-state index < -0.39 is 0 Å². The van der Waals surface area contributed by atoms with Gasteiger partial charge in [0.15, 0.2) is 0 Å². The highest BCUT2D eigenvalue weighted by Gasteiger charge is 2.20. The standard InChI is InChI=1S/C22H25FN4O/c1-14(9-17-13-27(2)20-7-6-18(23)10-19(17)20)26-22(28)16-5-8-21(25-12-16)24-11-15-3-4-15/h5-8,10,12-15H,3-4,9,11H2,1-2H3,(H,24,25)(H,26,28). The molecule has 0 aliphatic heterocycles. The summed E-state index contributed by atoms with van der Waals surface area (Å²) in [4.78, 5) is 16.8. The maximum absolute atomic E-state index is 13.6. The molecule has 2 N–H and O–H groups in total. The summed E-state index contributed by atoms with van der Waals surface area (Å²) in [6, 6.07) is 8.34. The van der Waals surface area contributed by atoms with Crippen LogP contribution in [0.2, 0.25) is 0 Å². The Hall–Kier alpha value is -2.89. The first-order valence-electron chi connectivity index (χ1n) is 9.74. The molecule has 0 radical (unpaired) electrons. The summed E-state index contributed by atoms with van der Waals surface area (Å²) in [5.41, 5.74) is 2.53. The number of hydrogen-bond donors (Lipinski definition) is 2. The van der Waals surface area contributed by atoms with Crippen molar-refractivity contribution < 1.29 is 9.18 Å². The summed E-state index contributed by atoms with van der Waals surface area (Å²) < 4.78 is 15.6. The summed E-state index contributed by atoms with van der Waals surface area (Å²) in [5.74, 6) is 1.17. The number of benzene rings is 1. The van der Waals surface area contributed by atoms with Crippen molar-refractivity contribution in [3.63, 3.8) is 0 Å². The second-order valence-electron chi connectivity index (χ2n) is 7.76. The van der Waals surface area contributed by atoms with Crippen molar-refractivity contribution in [2.24, 2.45) is 13.0 Å². The van der Waals surface area contributed by atoms with Gasteiger partial charge in [-0.1, -0.05) is 0 Å². The number of amides is 1. The van der Waals surface area contributed by atoms with Crippen LogP contribution in [0.25, 0.3) is 10.9 Å². The summed E-state index contributed by atoms with van der Waals surface area (Å²) in [7, 11) is 1.94. The molecule has 5 nitrogen and oxygen atoms in total. The fourth-order valence-electron chi connectivity index (χ4n) is 3.50. The van der Waals surface area contributed by atoms with Crippen LogP contribution in [0.5, 0.6) is 0 Å². The summed E-state index contributed by atoms with van der Waals surface area (Å²) in [6.07, 6.45) is 6.80. The van der Waals surface area contributed by atoms with Crippen molar-refractivity contribution in [2.45, 2.75) is 32.2 Å². The van der Waals surface area contributed by atoms with Gasteiger partial charge < -0.3 is 15.2 Å². The number of aromatic nitrogens is 2. The number of pyridine rings is 1. The summed E-state index contributed by atoms with van der Waals surface area (Å²) >= 11 is 0. The molecule has 0 bridgehead atoms. The lowest BCUT2D eigenvalue weighted by molar-refractivity contribution is 0.0940. The van der Waals surface area contributed by atoms with E-state index in [2.05, 4.69) is 15.6 Å². The molecule has 3 aromatic rings. The Kier molecular flexibility index (Phi) is 5.03. The maximum atomic E-state index is 13.6. The molecule has 1 aliphatic carbocycles. The van der Waals surface area contributed by atoms with Crippen molar-refractivity contribution >= 4 is 22.6 Å². The molecule has 146 valence electrons. The summed E-state index contributed by atoms with van der Waals surface area (Å²) in [5, 5.41) is 7.19. The minimum absolute atomic E-state index is 0.0889. The van der Waals surface area contributed by atoms with Crippen LogP contribution in [-0.4, -0.2) is 28.0 Å². The first kappa shape index (κ1) is 18.5. The van der Waals surface area contributed by atoms with Crippen LogP contribution in [0.1, 0.15) is 35.7 Å². The molecule has 1 atom stereocenters. The number of carbonyl (C=O) groups is 1. The highest BCUT2D eigenvalue weighted by atomic mass is 19.1.